The van der Waals surface area contributed by atoms with E-state index in [-0.39, 0.29) is 31.4 Å². The van der Waals surface area contributed by atoms with E-state index in [1.165, 1.54) is 19.1 Å². The van der Waals surface area contributed by atoms with Crippen molar-refractivity contribution in [3.05, 3.63) is 65.7 Å². The van der Waals surface area contributed by atoms with Crippen LogP contribution in [0.3, 0.4) is 0 Å². The van der Waals surface area contributed by atoms with Crippen molar-refractivity contribution < 1.29 is 53.7 Å². The summed E-state index contributed by atoms with van der Waals surface area (Å²) in [5.41, 5.74) is 18.8. The van der Waals surface area contributed by atoms with Gasteiger partial charge in [-0.25, -0.2) is 4.79 Å². The van der Waals surface area contributed by atoms with Crippen LogP contribution in [0.5, 0.6) is 5.75 Å². The fourth-order valence-electron chi connectivity index (χ4n) is 5.78. The number of phenolic OH excluding ortho intramolecular Hbond substituents is 1. The predicted molar refractivity (Wildman–Crippen MR) is 222 cm³/mol. The number of nitrogens with two attached hydrogens (primary N) is 3. The molecule has 16 N–H and O–H groups in total. The summed E-state index contributed by atoms with van der Waals surface area (Å²) in [5.74, 6) is -6.68. The zero-order valence-corrected chi connectivity index (χ0v) is 34.2. The Kier molecular flexibility index (Phi) is 23.0. The summed E-state index contributed by atoms with van der Waals surface area (Å²) in [6, 6.07) is 7.46. The van der Waals surface area contributed by atoms with Gasteiger partial charge in [0.15, 0.2) is 0 Å². The third-order valence-corrected chi connectivity index (χ3v) is 9.24. The fourth-order valence-corrected chi connectivity index (χ4v) is 5.78. The lowest BCUT2D eigenvalue weighted by Crippen LogP contribution is -2.58. The summed E-state index contributed by atoms with van der Waals surface area (Å²) in [4.78, 5) is 103. The van der Waals surface area contributed by atoms with Crippen molar-refractivity contribution in [2.75, 3.05) is 32.8 Å². The van der Waals surface area contributed by atoms with Crippen molar-refractivity contribution in [2.24, 2.45) is 17.2 Å². The highest BCUT2D eigenvalue weighted by atomic mass is 16.4. The molecule has 0 aromatic heterocycles. The molecular weight excluding hydrogens is 796 g/mol. The molecule has 6 unspecified atom stereocenters. The average molecular weight is 857 g/mol. The topological polar surface area (TPSA) is 360 Å². The summed E-state index contributed by atoms with van der Waals surface area (Å²) in [6.45, 7) is -0.128. The summed E-state index contributed by atoms with van der Waals surface area (Å²) in [6.07, 6.45) is 2.45. The molecule has 0 spiro atoms. The van der Waals surface area contributed by atoms with E-state index in [9.17, 15) is 43.5 Å². The molecule has 0 fully saturated rings. The summed E-state index contributed by atoms with van der Waals surface area (Å²) in [7, 11) is 0. The van der Waals surface area contributed by atoms with Crippen LogP contribution in [0.15, 0.2) is 54.6 Å². The molecule has 336 valence electrons. The van der Waals surface area contributed by atoms with Crippen LogP contribution in [0.2, 0.25) is 0 Å². The van der Waals surface area contributed by atoms with Crippen LogP contribution in [0.25, 0.3) is 0 Å². The standard InChI is InChI=1S/C40H60N10O11/c1-24(35(55)44-21-33(53)47-31(20-25-9-3-2-4-10-25)37(57)45-22-34(54)48-32(23-51)40(60)61)46-38(58)29(11-5-7-17-41)50-39(59)30(12-6-8-18-42)49-36(56)28(43)19-26-13-15-27(52)16-14-26/h2-4,9-10,13-16,24,28-32,51-52H,5-8,11-12,17-23,41-43H2,1H3,(H,44,55)(H,45,57)(H,46,58)(H,47,53)(H,48,54)(H,49,56)(H,50,59)(H,60,61). The zero-order chi connectivity index (χ0) is 45.3. The van der Waals surface area contributed by atoms with Gasteiger partial charge in [0.2, 0.25) is 41.4 Å². The first-order chi connectivity index (χ1) is 29.1. The molecule has 7 amide bonds. The molecule has 2 rings (SSSR count). The van der Waals surface area contributed by atoms with Gasteiger partial charge in [0, 0.05) is 6.42 Å². The third kappa shape index (κ3) is 19.6. The lowest BCUT2D eigenvalue weighted by atomic mass is 10.0. The Morgan fingerprint density at radius 2 is 1.07 bits per heavy atom. The van der Waals surface area contributed by atoms with E-state index in [0.717, 1.165) is 0 Å². The van der Waals surface area contributed by atoms with E-state index >= 15 is 0 Å². The summed E-state index contributed by atoms with van der Waals surface area (Å²) < 4.78 is 0. The molecule has 21 nitrogen and oxygen atoms in total. The van der Waals surface area contributed by atoms with Crippen molar-refractivity contribution in [2.45, 2.75) is 94.5 Å². The number of aliphatic hydroxyl groups is 1. The number of phenols is 1. The Hall–Kier alpha value is -6.16. The summed E-state index contributed by atoms with van der Waals surface area (Å²) >= 11 is 0. The van der Waals surface area contributed by atoms with Crippen LogP contribution in [-0.4, -0.2) is 132 Å². The van der Waals surface area contributed by atoms with Gasteiger partial charge in [0.25, 0.3) is 0 Å². The van der Waals surface area contributed by atoms with Gasteiger partial charge in [-0.1, -0.05) is 42.5 Å². The monoisotopic (exact) mass is 856 g/mol. The smallest absolute Gasteiger partial charge is 0.328 e. The van der Waals surface area contributed by atoms with E-state index < -0.39 is 103 Å². The zero-order valence-electron chi connectivity index (χ0n) is 34.2. The number of amides is 7. The number of rotatable bonds is 28. The number of aliphatic carboxylic acids is 1. The molecule has 6 atom stereocenters. The number of hydrogen-bond donors (Lipinski definition) is 13. The number of aliphatic hydroxyl groups excluding tert-OH is 1. The maximum Gasteiger partial charge on any atom is 0.328 e. The quantitative estimate of drug-likeness (QED) is 0.0370. The number of nitrogens with one attached hydrogen (secondary N) is 7. The second-order valence-electron chi connectivity index (χ2n) is 14.3. The molecule has 0 aliphatic rings. The molecule has 0 aliphatic carbocycles. The van der Waals surface area contributed by atoms with E-state index in [1.54, 1.807) is 42.5 Å². The SMILES string of the molecule is CC(NC(=O)C(CCCCN)NC(=O)C(CCCCN)NC(=O)C(N)Cc1ccc(O)cc1)C(=O)NCC(=O)NC(Cc1ccccc1)C(=O)NCC(=O)NC(CO)C(=O)O. The van der Waals surface area contributed by atoms with Crippen molar-refractivity contribution in [3.63, 3.8) is 0 Å². The molecule has 2 aromatic rings. The molecule has 2 aromatic carbocycles. The predicted octanol–water partition coefficient (Wildman–Crippen LogP) is -3.48. The maximum absolute atomic E-state index is 13.6. The highest BCUT2D eigenvalue weighted by molar-refractivity contribution is 5.96. The summed E-state index contributed by atoms with van der Waals surface area (Å²) in [5, 5.41) is 44.9. The molecule has 0 radical (unpaired) electrons. The number of carbonyl (C=O) groups is 8. The highest BCUT2D eigenvalue weighted by Crippen LogP contribution is 2.12. The Labute approximate surface area is 353 Å². The number of carbonyl (C=O) groups excluding carboxylic acids is 7. The van der Waals surface area contributed by atoms with Gasteiger partial charge in [-0.3, -0.25) is 33.6 Å². The Morgan fingerprint density at radius 1 is 0.574 bits per heavy atom. The molecule has 0 aliphatic heterocycles. The van der Waals surface area contributed by atoms with Gasteiger partial charge < -0.3 is 69.7 Å². The van der Waals surface area contributed by atoms with Crippen molar-refractivity contribution in [1.82, 2.24) is 37.2 Å². The van der Waals surface area contributed by atoms with Crippen LogP contribution in [-0.2, 0) is 51.2 Å². The Balaban J connectivity index is 2.06. The highest BCUT2D eigenvalue weighted by Gasteiger charge is 2.30. The number of hydrogen-bond acceptors (Lipinski definition) is 13. The fraction of sp³-hybridized carbons (Fsp3) is 0.500. The number of carboxylic acid groups (broad SMARTS) is 1. The van der Waals surface area contributed by atoms with Gasteiger partial charge in [-0.05, 0) is 88.2 Å². The van der Waals surface area contributed by atoms with Crippen LogP contribution in [0, 0.1) is 0 Å². The molecule has 0 bridgehead atoms. The van der Waals surface area contributed by atoms with Gasteiger partial charge in [0.05, 0.1) is 25.7 Å². The lowest BCUT2D eigenvalue weighted by molar-refractivity contribution is -0.142. The van der Waals surface area contributed by atoms with Crippen LogP contribution >= 0.6 is 0 Å². The molecule has 0 saturated heterocycles. The lowest BCUT2D eigenvalue weighted by Gasteiger charge is -2.25. The second kappa shape index (κ2) is 27.6. The van der Waals surface area contributed by atoms with E-state index in [4.69, 9.17) is 27.4 Å². The first-order valence-corrected chi connectivity index (χ1v) is 19.9. The number of benzene rings is 2. The largest absolute Gasteiger partial charge is 0.508 e. The molecule has 0 heterocycles. The van der Waals surface area contributed by atoms with Crippen LogP contribution in [0.4, 0.5) is 0 Å². The molecule has 21 heteroatoms. The maximum atomic E-state index is 13.6. The van der Waals surface area contributed by atoms with Crippen LogP contribution < -0.4 is 54.4 Å². The van der Waals surface area contributed by atoms with Crippen molar-refractivity contribution in [1.29, 1.82) is 0 Å². The molecule has 61 heavy (non-hydrogen) atoms. The van der Waals surface area contributed by atoms with Crippen molar-refractivity contribution in [3.8, 4) is 5.75 Å². The van der Waals surface area contributed by atoms with E-state index in [1.807, 2.05) is 5.32 Å². The number of carboxylic acids is 1. The molecule has 0 saturated carbocycles. The van der Waals surface area contributed by atoms with Crippen molar-refractivity contribution >= 4 is 47.3 Å². The van der Waals surface area contributed by atoms with E-state index in [0.29, 0.717) is 49.9 Å². The van der Waals surface area contributed by atoms with Crippen LogP contribution in [0.1, 0.15) is 56.6 Å². The first-order valence-electron chi connectivity index (χ1n) is 19.9. The normalized spacial score (nSPS) is 13.8. The Morgan fingerprint density at radius 3 is 1.59 bits per heavy atom. The first kappa shape index (κ1) is 51.0. The average Bonchev–Trinajstić information content (AvgIpc) is 3.23. The third-order valence-electron chi connectivity index (χ3n) is 9.24. The minimum absolute atomic E-state index is 0.0176. The minimum Gasteiger partial charge on any atom is -0.508 e. The number of unbranched alkanes of at least 4 members (excludes halogenated alkanes) is 2. The van der Waals surface area contributed by atoms with Gasteiger partial charge >= 0.3 is 5.97 Å². The van der Waals surface area contributed by atoms with E-state index in [2.05, 4.69) is 31.9 Å². The van der Waals surface area contributed by atoms with Gasteiger partial charge in [-0.15, -0.1) is 0 Å². The van der Waals surface area contributed by atoms with Gasteiger partial charge in [-0.2, -0.15) is 0 Å². The number of aromatic hydroxyl groups is 1. The minimum atomic E-state index is -1.58. The molecular formula is C40H60N10O11. The Bertz CT molecular complexity index is 1750. The van der Waals surface area contributed by atoms with Gasteiger partial charge in [0.1, 0.15) is 36.0 Å². The second-order valence-corrected chi connectivity index (χ2v) is 14.3.